The van der Waals surface area contributed by atoms with Gasteiger partial charge < -0.3 is 10.4 Å². The van der Waals surface area contributed by atoms with E-state index < -0.39 is 23.2 Å². The van der Waals surface area contributed by atoms with E-state index in [1.807, 2.05) is 0 Å². The maximum absolute atomic E-state index is 13.4. The van der Waals surface area contributed by atoms with Crippen LogP contribution in [0.3, 0.4) is 0 Å². The van der Waals surface area contributed by atoms with Crippen molar-refractivity contribution < 1.29 is 19.1 Å². The second kappa shape index (κ2) is 4.72. The van der Waals surface area contributed by atoms with Crippen molar-refractivity contribution in [2.45, 2.75) is 31.2 Å². The van der Waals surface area contributed by atoms with Crippen LogP contribution in [-0.2, 0) is 4.79 Å². The third-order valence-electron chi connectivity index (χ3n) is 3.24. The van der Waals surface area contributed by atoms with Crippen molar-refractivity contribution in [1.29, 1.82) is 0 Å². The van der Waals surface area contributed by atoms with Crippen molar-refractivity contribution >= 4 is 11.9 Å². The number of carbonyl (C=O) groups is 2. The van der Waals surface area contributed by atoms with Crippen LogP contribution >= 0.6 is 0 Å². The van der Waals surface area contributed by atoms with Gasteiger partial charge in [0.15, 0.2) is 5.82 Å². The first kappa shape index (κ1) is 12.5. The molecular weight excluding hydrogens is 239 g/mol. The Kier molecular flexibility index (Phi) is 3.27. The maximum atomic E-state index is 13.4. The number of aromatic nitrogens is 1. The summed E-state index contributed by atoms with van der Waals surface area (Å²) in [6.07, 6.45) is 4.45. The number of nitrogens with one attached hydrogen (secondary N) is 1. The molecule has 96 valence electrons. The van der Waals surface area contributed by atoms with Crippen LogP contribution in [0.4, 0.5) is 4.39 Å². The van der Waals surface area contributed by atoms with Gasteiger partial charge >= 0.3 is 5.97 Å². The van der Waals surface area contributed by atoms with Crippen molar-refractivity contribution in [2.75, 3.05) is 0 Å². The Balaban J connectivity index is 2.21. The van der Waals surface area contributed by atoms with Gasteiger partial charge in [-0.15, -0.1) is 0 Å². The Morgan fingerprint density at radius 1 is 1.39 bits per heavy atom. The van der Waals surface area contributed by atoms with Crippen LogP contribution in [0, 0.1) is 5.82 Å². The molecule has 0 unspecified atom stereocenters. The molecule has 1 aromatic heterocycles. The second-order valence-corrected chi connectivity index (χ2v) is 4.40. The highest BCUT2D eigenvalue weighted by Gasteiger charge is 2.42. The number of rotatable bonds is 3. The lowest BCUT2D eigenvalue weighted by Crippen LogP contribution is -2.52. The van der Waals surface area contributed by atoms with Gasteiger partial charge in [-0.1, -0.05) is 12.8 Å². The summed E-state index contributed by atoms with van der Waals surface area (Å²) in [5.41, 5.74) is -1.44. The fraction of sp³-hybridized carbons (Fsp3) is 0.417. The van der Waals surface area contributed by atoms with E-state index in [4.69, 9.17) is 0 Å². The predicted molar refractivity (Wildman–Crippen MR) is 60.5 cm³/mol. The van der Waals surface area contributed by atoms with Gasteiger partial charge in [0, 0.05) is 6.20 Å². The number of amides is 1. The van der Waals surface area contributed by atoms with E-state index in [0.29, 0.717) is 12.8 Å². The summed E-state index contributed by atoms with van der Waals surface area (Å²) in [7, 11) is 0. The zero-order valence-corrected chi connectivity index (χ0v) is 9.65. The van der Waals surface area contributed by atoms with Crippen LogP contribution in [-0.4, -0.2) is 27.5 Å². The Morgan fingerprint density at radius 2 is 2.06 bits per heavy atom. The molecule has 1 fully saturated rings. The van der Waals surface area contributed by atoms with Crippen LogP contribution in [0.25, 0.3) is 0 Å². The fourth-order valence-corrected chi connectivity index (χ4v) is 2.21. The smallest absolute Gasteiger partial charge is 0.329 e. The zero-order chi connectivity index (χ0) is 13.2. The minimum Gasteiger partial charge on any atom is -0.480 e. The number of pyridine rings is 1. The fourth-order valence-electron chi connectivity index (χ4n) is 2.21. The van der Waals surface area contributed by atoms with E-state index in [9.17, 15) is 19.1 Å². The van der Waals surface area contributed by atoms with Crippen LogP contribution in [0.1, 0.15) is 36.0 Å². The molecule has 1 saturated carbocycles. The summed E-state index contributed by atoms with van der Waals surface area (Å²) in [5.74, 6) is -2.53. The first-order valence-electron chi connectivity index (χ1n) is 5.71. The van der Waals surface area contributed by atoms with Gasteiger partial charge in [-0.2, -0.15) is 0 Å². The lowest BCUT2D eigenvalue weighted by Gasteiger charge is -2.25. The summed E-state index contributed by atoms with van der Waals surface area (Å²) < 4.78 is 13.4. The highest BCUT2D eigenvalue weighted by molar-refractivity contribution is 5.98. The first-order chi connectivity index (χ1) is 8.55. The summed E-state index contributed by atoms with van der Waals surface area (Å²) >= 11 is 0. The largest absolute Gasteiger partial charge is 0.480 e. The van der Waals surface area contributed by atoms with Gasteiger partial charge in [-0.3, -0.25) is 9.78 Å². The minimum atomic E-state index is -1.26. The van der Waals surface area contributed by atoms with Gasteiger partial charge in [0.05, 0.1) is 11.8 Å². The summed E-state index contributed by atoms with van der Waals surface area (Å²) in [4.78, 5) is 26.7. The number of carbonyl (C=O) groups excluding carboxylic acids is 1. The SMILES string of the molecule is O=C(NC1(C(=O)O)CCCC1)c1ccncc1F. The number of nitrogens with zero attached hydrogens (tertiary/aromatic N) is 1. The van der Waals surface area contributed by atoms with Crippen LogP contribution in [0.5, 0.6) is 0 Å². The summed E-state index contributed by atoms with van der Waals surface area (Å²) in [5, 5.41) is 11.7. The second-order valence-electron chi connectivity index (χ2n) is 4.40. The number of halogens is 1. The quantitative estimate of drug-likeness (QED) is 0.851. The summed E-state index contributed by atoms with van der Waals surface area (Å²) in [6.45, 7) is 0. The molecule has 5 nitrogen and oxygen atoms in total. The van der Waals surface area contributed by atoms with Gasteiger partial charge in [-0.05, 0) is 18.9 Å². The highest BCUT2D eigenvalue weighted by atomic mass is 19.1. The number of carboxylic acids is 1. The molecule has 1 aliphatic rings. The van der Waals surface area contributed by atoms with E-state index in [1.54, 1.807) is 0 Å². The molecule has 0 saturated heterocycles. The molecule has 0 bridgehead atoms. The zero-order valence-electron chi connectivity index (χ0n) is 9.65. The van der Waals surface area contributed by atoms with Gasteiger partial charge in [0.2, 0.25) is 0 Å². The van der Waals surface area contributed by atoms with Crippen LogP contribution in [0.15, 0.2) is 18.5 Å². The van der Waals surface area contributed by atoms with E-state index >= 15 is 0 Å². The van der Waals surface area contributed by atoms with Gasteiger partial charge in [0.25, 0.3) is 5.91 Å². The van der Waals surface area contributed by atoms with Crippen LogP contribution < -0.4 is 5.32 Å². The van der Waals surface area contributed by atoms with Crippen LogP contribution in [0.2, 0.25) is 0 Å². The number of hydrogen-bond donors (Lipinski definition) is 2. The Morgan fingerprint density at radius 3 is 2.61 bits per heavy atom. The molecule has 1 heterocycles. The molecule has 0 radical (unpaired) electrons. The van der Waals surface area contributed by atoms with Crippen molar-refractivity contribution in [3.8, 4) is 0 Å². The third kappa shape index (κ3) is 2.18. The minimum absolute atomic E-state index is 0.183. The summed E-state index contributed by atoms with van der Waals surface area (Å²) in [6, 6.07) is 1.23. The number of carboxylic acid groups (broad SMARTS) is 1. The third-order valence-corrected chi connectivity index (χ3v) is 3.24. The highest BCUT2D eigenvalue weighted by Crippen LogP contribution is 2.30. The average Bonchev–Trinajstić information content (AvgIpc) is 2.79. The topological polar surface area (TPSA) is 79.3 Å². The van der Waals surface area contributed by atoms with Crippen molar-refractivity contribution in [3.63, 3.8) is 0 Å². The standard InChI is InChI=1S/C12H13FN2O3/c13-9-7-14-6-3-8(9)10(16)15-12(11(17)18)4-1-2-5-12/h3,6-7H,1-2,4-5H2,(H,15,16)(H,17,18). The molecule has 2 rings (SSSR count). The average molecular weight is 252 g/mol. The number of aliphatic carboxylic acids is 1. The first-order valence-corrected chi connectivity index (χ1v) is 5.71. The van der Waals surface area contributed by atoms with Gasteiger partial charge in [-0.25, -0.2) is 9.18 Å². The van der Waals surface area contributed by atoms with Crippen molar-refractivity contribution in [3.05, 3.63) is 29.8 Å². The van der Waals surface area contributed by atoms with E-state index in [1.165, 1.54) is 12.3 Å². The van der Waals surface area contributed by atoms with Gasteiger partial charge in [0.1, 0.15) is 5.54 Å². The lowest BCUT2D eigenvalue weighted by atomic mass is 9.97. The molecule has 1 amide bonds. The van der Waals surface area contributed by atoms with Crippen molar-refractivity contribution in [2.24, 2.45) is 0 Å². The maximum Gasteiger partial charge on any atom is 0.329 e. The molecular formula is C12H13FN2O3. The van der Waals surface area contributed by atoms with E-state index in [-0.39, 0.29) is 5.56 Å². The Labute approximate surface area is 103 Å². The predicted octanol–water partition coefficient (Wildman–Crippen LogP) is 1.35. The monoisotopic (exact) mass is 252 g/mol. The Bertz CT molecular complexity index is 484. The lowest BCUT2D eigenvalue weighted by molar-refractivity contribution is -0.144. The molecule has 18 heavy (non-hydrogen) atoms. The Hall–Kier alpha value is -1.98. The van der Waals surface area contributed by atoms with E-state index in [0.717, 1.165) is 19.0 Å². The molecule has 1 aliphatic carbocycles. The molecule has 0 spiro atoms. The normalized spacial score (nSPS) is 17.4. The van der Waals surface area contributed by atoms with Crippen molar-refractivity contribution in [1.82, 2.24) is 10.3 Å². The van der Waals surface area contributed by atoms with E-state index in [2.05, 4.69) is 10.3 Å². The molecule has 0 aliphatic heterocycles. The molecule has 2 N–H and O–H groups in total. The molecule has 0 aromatic carbocycles. The molecule has 1 aromatic rings. The molecule has 6 heteroatoms. The number of hydrogen-bond acceptors (Lipinski definition) is 3. The molecule has 0 atom stereocenters.